The van der Waals surface area contributed by atoms with Crippen LogP contribution < -0.4 is 5.32 Å². The zero-order valence-corrected chi connectivity index (χ0v) is 11.0. The molecule has 2 aromatic rings. The second-order valence-electron chi connectivity index (χ2n) is 4.73. The van der Waals surface area contributed by atoms with Crippen molar-refractivity contribution in [2.45, 2.75) is 19.6 Å². The Balaban J connectivity index is 1.85. The van der Waals surface area contributed by atoms with Crippen LogP contribution in [0.1, 0.15) is 22.8 Å². The number of aromatic hydroxyl groups is 1. The summed E-state index contributed by atoms with van der Waals surface area (Å²) in [7, 11) is 0. The summed E-state index contributed by atoms with van der Waals surface area (Å²) in [4.78, 5) is 0. The molecule has 0 aromatic heterocycles. The van der Waals surface area contributed by atoms with E-state index in [0.29, 0.717) is 13.1 Å². The average Bonchev–Trinajstić information content (AvgIpc) is 2.38. The number of aryl methyl sites for hydroxylation is 1. The molecular formula is C16H19NO2. The van der Waals surface area contributed by atoms with Gasteiger partial charge < -0.3 is 15.5 Å². The number of aliphatic hydroxyl groups is 1. The Morgan fingerprint density at radius 2 is 1.89 bits per heavy atom. The maximum Gasteiger partial charge on any atom is 0.115 e. The molecule has 0 amide bonds. The Labute approximate surface area is 113 Å². The van der Waals surface area contributed by atoms with E-state index in [2.05, 4.69) is 5.32 Å². The molecule has 0 bridgehead atoms. The quantitative estimate of drug-likeness (QED) is 0.771. The monoisotopic (exact) mass is 257 g/mol. The maximum absolute atomic E-state index is 10.1. The van der Waals surface area contributed by atoms with Gasteiger partial charge in [-0.2, -0.15) is 0 Å². The minimum atomic E-state index is -0.516. The summed E-state index contributed by atoms with van der Waals surface area (Å²) >= 11 is 0. The number of phenolic OH excluding ortho intramolecular Hbond substituents is 1. The second kappa shape index (κ2) is 6.36. The fourth-order valence-electron chi connectivity index (χ4n) is 2.01. The van der Waals surface area contributed by atoms with Gasteiger partial charge in [0.05, 0.1) is 6.10 Å². The van der Waals surface area contributed by atoms with Crippen LogP contribution >= 0.6 is 0 Å². The van der Waals surface area contributed by atoms with Crippen LogP contribution in [0.3, 0.4) is 0 Å². The zero-order chi connectivity index (χ0) is 13.7. The number of phenols is 1. The Bertz CT molecular complexity index is 540. The molecule has 1 unspecified atom stereocenters. The SMILES string of the molecule is Cc1cccc(C(O)CNCc2cccc(O)c2)c1. The molecule has 3 heteroatoms. The largest absolute Gasteiger partial charge is 0.508 e. The topological polar surface area (TPSA) is 52.5 Å². The predicted octanol–water partition coefficient (Wildman–Crippen LogP) is 2.52. The Morgan fingerprint density at radius 3 is 2.63 bits per heavy atom. The third kappa shape index (κ3) is 4.09. The Morgan fingerprint density at radius 1 is 1.11 bits per heavy atom. The molecule has 3 N–H and O–H groups in total. The molecule has 0 spiro atoms. The van der Waals surface area contributed by atoms with E-state index in [-0.39, 0.29) is 5.75 Å². The number of rotatable bonds is 5. The molecule has 2 rings (SSSR count). The van der Waals surface area contributed by atoms with Crippen molar-refractivity contribution >= 4 is 0 Å². The second-order valence-corrected chi connectivity index (χ2v) is 4.73. The number of benzene rings is 2. The normalized spacial score (nSPS) is 12.3. The van der Waals surface area contributed by atoms with Crippen molar-refractivity contribution in [2.24, 2.45) is 0 Å². The van der Waals surface area contributed by atoms with E-state index in [1.165, 1.54) is 0 Å². The maximum atomic E-state index is 10.1. The summed E-state index contributed by atoms with van der Waals surface area (Å²) in [6.45, 7) is 3.12. The van der Waals surface area contributed by atoms with E-state index in [9.17, 15) is 10.2 Å². The molecular weight excluding hydrogens is 238 g/mol. The minimum Gasteiger partial charge on any atom is -0.508 e. The van der Waals surface area contributed by atoms with Crippen molar-refractivity contribution in [1.29, 1.82) is 0 Å². The number of hydrogen-bond acceptors (Lipinski definition) is 3. The van der Waals surface area contributed by atoms with Crippen LogP contribution in [0.4, 0.5) is 0 Å². The van der Waals surface area contributed by atoms with Gasteiger partial charge in [-0.15, -0.1) is 0 Å². The number of nitrogens with one attached hydrogen (secondary N) is 1. The molecule has 0 aliphatic rings. The lowest BCUT2D eigenvalue weighted by Gasteiger charge is -2.13. The first kappa shape index (κ1) is 13.6. The molecule has 0 fully saturated rings. The lowest BCUT2D eigenvalue weighted by atomic mass is 10.1. The van der Waals surface area contributed by atoms with Gasteiger partial charge in [0.2, 0.25) is 0 Å². The standard InChI is InChI=1S/C16H19NO2/c1-12-4-2-6-14(8-12)16(19)11-17-10-13-5-3-7-15(18)9-13/h2-9,16-19H,10-11H2,1H3. The van der Waals surface area contributed by atoms with Gasteiger partial charge in [-0.05, 0) is 30.2 Å². The summed E-state index contributed by atoms with van der Waals surface area (Å²) in [5.41, 5.74) is 3.06. The molecule has 0 aliphatic heterocycles. The smallest absolute Gasteiger partial charge is 0.115 e. The predicted molar refractivity (Wildman–Crippen MR) is 76.0 cm³/mol. The van der Waals surface area contributed by atoms with Crippen molar-refractivity contribution in [3.63, 3.8) is 0 Å². The Hall–Kier alpha value is -1.84. The summed E-state index contributed by atoms with van der Waals surface area (Å²) in [5, 5.41) is 22.6. The molecule has 0 saturated carbocycles. The minimum absolute atomic E-state index is 0.263. The molecule has 0 aliphatic carbocycles. The van der Waals surface area contributed by atoms with Crippen LogP contribution in [-0.4, -0.2) is 16.8 Å². The highest BCUT2D eigenvalue weighted by molar-refractivity contribution is 5.27. The van der Waals surface area contributed by atoms with Gasteiger partial charge in [0.1, 0.15) is 5.75 Å². The van der Waals surface area contributed by atoms with Gasteiger partial charge in [-0.25, -0.2) is 0 Å². The van der Waals surface area contributed by atoms with Crippen LogP contribution in [0.2, 0.25) is 0 Å². The fraction of sp³-hybridized carbons (Fsp3) is 0.250. The van der Waals surface area contributed by atoms with Crippen molar-refractivity contribution < 1.29 is 10.2 Å². The Kier molecular flexibility index (Phi) is 4.55. The van der Waals surface area contributed by atoms with E-state index in [1.54, 1.807) is 12.1 Å². The van der Waals surface area contributed by atoms with Gasteiger partial charge in [-0.3, -0.25) is 0 Å². The van der Waals surface area contributed by atoms with E-state index in [0.717, 1.165) is 16.7 Å². The number of hydrogen-bond donors (Lipinski definition) is 3. The van der Waals surface area contributed by atoms with E-state index >= 15 is 0 Å². The van der Waals surface area contributed by atoms with Crippen LogP contribution in [0.25, 0.3) is 0 Å². The number of aliphatic hydroxyl groups excluding tert-OH is 1. The summed E-state index contributed by atoms with van der Waals surface area (Å²) in [6.07, 6.45) is -0.516. The lowest BCUT2D eigenvalue weighted by molar-refractivity contribution is 0.174. The molecule has 0 radical (unpaired) electrons. The molecule has 1 atom stereocenters. The van der Waals surface area contributed by atoms with Gasteiger partial charge in [0, 0.05) is 13.1 Å². The summed E-state index contributed by atoms with van der Waals surface area (Å²) < 4.78 is 0. The average molecular weight is 257 g/mol. The fourth-order valence-corrected chi connectivity index (χ4v) is 2.01. The third-order valence-corrected chi connectivity index (χ3v) is 3.00. The zero-order valence-electron chi connectivity index (χ0n) is 11.0. The molecule has 100 valence electrons. The van der Waals surface area contributed by atoms with Crippen LogP contribution in [0, 0.1) is 6.92 Å². The highest BCUT2D eigenvalue weighted by atomic mass is 16.3. The first-order valence-electron chi connectivity index (χ1n) is 6.38. The first-order valence-corrected chi connectivity index (χ1v) is 6.38. The summed E-state index contributed by atoms with van der Waals surface area (Å²) in [6, 6.07) is 15.0. The molecule has 19 heavy (non-hydrogen) atoms. The first-order chi connectivity index (χ1) is 9.15. The van der Waals surface area contributed by atoms with Crippen LogP contribution in [0.5, 0.6) is 5.75 Å². The summed E-state index contributed by atoms with van der Waals surface area (Å²) in [5.74, 6) is 0.263. The van der Waals surface area contributed by atoms with Crippen LogP contribution in [0.15, 0.2) is 48.5 Å². The van der Waals surface area contributed by atoms with Crippen molar-refractivity contribution in [3.05, 3.63) is 65.2 Å². The van der Waals surface area contributed by atoms with E-state index in [1.807, 2.05) is 43.3 Å². The van der Waals surface area contributed by atoms with E-state index < -0.39 is 6.10 Å². The highest BCUT2D eigenvalue weighted by Gasteiger charge is 2.06. The van der Waals surface area contributed by atoms with Crippen molar-refractivity contribution in [3.8, 4) is 5.75 Å². The van der Waals surface area contributed by atoms with Gasteiger partial charge in [0.15, 0.2) is 0 Å². The van der Waals surface area contributed by atoms with Gasteiger partial charge in [0.25, 0.3) is 0 Å². The third-order valence-electron chi connectivity index (χ3n) is 3.00. The molecule has 2 aromatic carbocycles. The highest BCUT2D eigenvalue weighted by Crippen LogP contribution is 2.14. The van der Waals surface area contributed by atoms with Crippen LogP contribution in [-0.2, 0) is 6.54 Å². The van der Waals surface area contributed by atoms with Gasteiger partial charge in [-0.1, -0.05) is 42.0 Å². The molecule has 3 nitrogen and oxygen atoms in total. The molecule has 0 saturated heterocycles. The van der Waals surface area contributed by atoms with Gasteiger partial charge >= 0.3 is 0 Å². The van der Waals surface area contributed by atoms with Crippen molar-refractivity contribution in [2.75, 3.05) is 6.54 Å². The lowest BCUT2D eigenvalue weighted by Crippen LogP contribution is -2.21. The van der Waals surface area contributed by atoms with Crippen molar-refractivity contribution in [1.82, 2.24) is 5.32 Å². The van der Waals surface area contributed by atoms with E-state index in [4.69, 9.17) is 0 Å². The molecule has 0 heterocycles.